The maximum atomic E-state index is 12.3. The normalized spacial score (nSPS) is 23.1. The third-order valence-corrected chi connectivity index (χ3v) is 6.01. The van der Waals surface area contributed by atoms with Gasteiger partial charge in [0.1, 0.15) is 0 Å². The summed E-state index contributed by atoms with van der Waals surface area (Å²) >= 11 is 9.05. The molecule has 4 nitrogen and oxygen atoms in total. The molecule has 1 aliphatic rings. The second-order valence-corrected chi connectivity index (χ2v) is 7.78. The molecule has 1 fully saturated rings. The van der Waals surface area contributed by atoms with Gasteiger partial charge in [-0.25, -0.2) is 13.1 Å². The standard InChI is InChI=1S/C12H16BrClN2O2S.ClH/c13-11-7-8(14)1-6-12(11)19(17,18)16-10-4-2-9(15)3-5-10;/h1,6-7,9-10,16H,2-5,15H2;1H. The summed E-state index contributed by atoms with van der Waals surface area (Å²) in [5.74, 6) is 0. The Bertz CT molecular complexity index is 561. The first-order chi connectivity index (χ1) is 8.88. The maximum absolute atomic E-state index is 12.3. The monoisotopic (exact) mass is 402 g/mol. The average molecular weight is 404 g/mol. The zero-order valence-corrected chi connectivity index (χ0v) is 14.7. The quantitative estimate of drug-likeness (QED) is 0.814. The van der Waals surface area contributed by atoms with Crippen LogP contribution in [-0.4, -0.2) is 20.5 Å². The molecule has 114 valence electrons. The molecule has 0 aromatic heterocycles. The van der Waals surface area contributed by atoms with Crippen LogP contribution in [0, 0.1) is 0 Å². The molecule has 20 heavy (non-hydrogen) atoms. The first-order valence-electron chi connectivity index (χ1n) is 6.11. The number of nitrogens with two attached hydrogens (primary N) is 1. The largest absolute Gasteiger partial charge is 0.328 e. The topological polar surface area (TPSA) is 72.2 Å². The molecule has 0 bridgehead atoms. The summed E-state index contributed by atoms with van der Waals surface area (Å²) in [6.45, 7) is 0. The van der Waals surface area contributed by atoms with Gasteiger partial charge in [0, 0.05) is 21.6 Å². The SMILES string of the molecule is Cl.NC1CCC(NS(=O)(=O)c2ccc(Cl)cc2Br)CC1. The summed E-state index contributed by atoms with van der Waals surface area (Å²) in [7, 11) is -3.52. The van der Waals surface area contributed by atoms with Gasteiger partial charge in [0.15, 0.2) is 0 Å². The molecule has 1 aromatic rings. The van der Waals surface area contributed by atoms with Gasteiger partial charge in [-0.1, -0.05) is 11.6 Å². The molecule has 0 radical (unpaired) electrons. The Kier molecular flexibility index (Phi) is 6.76. The van der Waals surface area contributed by atoms with E-state index in [1.165, 1.54) is 6.07 Å². The lowest BCUT2D eigenvalue weighted by molar-refractivity contribution is 0.373. The van der Waals surface area contributed by atoms with Crippen LogP contribution in [0.1, 0.15) is 25.7 Å². The zero-order chi connectivity index (χ0) is 14.0. The highest BCUT2D eigenvalue weighted by Gasteiger charge is 2.25. The fourth-order valence-electron chi connectivity index (χ4n) is 2.21. The van der Waals surface area contributed by atoms with Crippen molar-refractivity contribution in [2.45, 2.75) is 42.7 Å². The molecule has 0 spiro atoms. The number of benzene rings is 1. The summed E-state index contributed by atoms with van der Waals surface area (Å²) in [6, 6.07) is 4.81. The Morgan fingerprint density at radius 2 is 1.85 bits per heavy atom. The van der Waals surface area contributed by atoms with Gasteiger partial charge in [-0.2, -0.15) is 0 Å². The molecule has 2 rings (SSSR count). The minimum absolute atomic E-state index is 0. The van der Waals surface area contributed by atoms with Gasteiger partial charge in [-0.05, 0) is 59.8 Å². The van der Waals surface area contributed by atoms with Crippen LogP contribution in [0.4, 0.5) is 0 Å². The van der Waals surface area contributed by atoms with E-state index < -0.39 is 10.0 Å². The molecule has 0 aliphatic heterocycles. The predicted octanol–water partition coefficient (Wildman–Crippen LogP) is 3.07. The molecule has 1 saturated carbocycles. The van der Waals surface area contributed by atoms with Crippen LogP contribution in [0.5, 0.6) is 0 Å². The lowest BCUT2D eigenvalue weighted by Crippen LogP contribution is -2.40. The maximum Gasteiger partial charge on any atom is 0.241 e. The number of rotatable bonds is 3. The summed E-state index contributed by atoms with van der Waals surface area (Å²) in [6.07, 6.45) is 3.28. The summed E-state index contributed by atoms with van der Waals surface area (Å²) < 4.78 is 27.8. The second-order valence-electron chi connectivity index (χ2n) is 4.81. The minimum Gasteiger partial charge on any atom is -0.328 e. The van der Waals surface area contributed by atoms with Crippen molar-refractivity contribution >= 4 is 50.0 Å². The van der Waals surface area contributed by atoms with Crippen LogP contribution in [0.3, 0.4) is 0 Å². The molecule has 1 aliphatic carbocycles. The molecular weight excluding hydrogens is 387 g/mol. The van der Waals surface area contributed by atoms with E-state index in [0.717, 1.165) is 25.7 Å². The third kappa shape index (κ3) is 4.58. The van der Waals surface area contributed by atoms with E-state index in [1.807, 2.05) is 0 Å². The van der Waals surface area contributed by atoms with E-state index in [4.69, 9.17) is 17.3 Å². The van der Waals surface area contributed by atoms with Crippen LogP contribution in [0.2, 0.25) is 5.02 Å². The van der Waals surface area contributed by atoms with Crippen LogP contribution < -0.4 is 10.5 Å². The number of halogens is 3. The fraction of sp³-hybridized carbons (Fsp3) is 0.500. The predicted molar refractivity (Wildman–Crippen MR) is 87.0 cm³/mol. The van der Waals surface area contributed by atoms with Crippen molar-refractivity contribution in [3.8, 4) is 0 Å². The van der Waals surface area contributed by atoms with Crippen LogP contribution in [-0.2, 0) is 10.0 Å². The van der Waals surface area contributed by atoms with Crippen LogP contribution >= 0.6 is 39.9 Å². The van der Waals surface area contributed by atoms with E-state index in [9.17, 15) is 8.42 Å². The Hall–Kier alpha value is 0.150. The van der Waals surface area contributed by atoms with E-state index in [2.05, 4.69) is 20.7 Å². The van der Waals surface area contributed by atoms with Crippen molar-refractivity contribution in [3.05, 3.63) is 27.7 Å². The van der Waals surface area contributed by atoms with Crippen molar-refractivity contribution in [2.75, 3.05) is 0 Å². The van der Waals surface area contributed by atoms with Crippen molar-refractivity contribution < 1.29 is 8.42 Å². The van der Waals surface area contributed by atoms with Gasteiger partial charge in [0.25, 0.3) is 0 Å². The molecule has 0 amide bonds. The van der Waals surface area contributed by atoms with Crippen molar-refractivity contribution in [2.24, 2.45) is 5.73 Å². The molecule has 0 unspecified atom stereocenters. The van der Waals surface area contributed by atoms with Crippen molar-refractivity contribution in [1.82, 2.24) is 4.72 Å². The van der Waals surface area contributed by atoms with Crippen molar-refractivity contribution in [3.63, 3.8) is 0 Å². The molecular formula is C12H17BrCl2N2O2S. The number of nitrogens with one attached hydrogen (secondary N) is 1. The Morgan fingerprint density at radius 3 is 2.40 bits per heavy atom. The van der Waals surface area contributed by atoms with Gasteiger partial charge in [-0.15, -0.1) is 12.4 Å². The minimum atomic E-state index is -3.52. The molecule has 0 atom stereocenters. The van der Waals surface area contributed by atoms with E-state index >= 15 is 0 Å². The summed E-state index contributed by atoms with van der Waals surface area (Å²) in [5, 5.41) is 0.495. The fourth-order valence-corrected chi connectivity index (χ4v) is 4.90. The number of hydrogen-bond donors (Lipinski definition) is 2. The van der Waals surface area contributed by atoms with E-state index in [-0.39, 0.29) is 29.4 Å². The summed E-state index contributed by atoms with van der Waals surface area (Å²) in [5.41, 5.74) is 5.81. The lowest BCUT2D eigenvalue weighted by Gasteiger charge is -2.26. The van der Waals surface area contributed by atoms with Gasteiger partial charge in [0.05, 0.1) is 4.90 Å². The van der Waals surface area contributed by atoms with Crippen LogP contribution in [0.15, 0.2) is 27.6 Å². The highest BCUT2D eigenvalue weighted by molar-refractivity contribution is 9.10. The van der Waals surface area contributed by atoms with Gasteiger partial charge in [0.2, 0.25) is 10.0 Å². The van der Waals surface area contributed by atoms with Gasteiger partial charge < -0.3 is 5.73 Å². The molecule has 1 aromatic carbocycles. The molecule has 8 heteroatoms. The Morgan fingerprint density at radius 1 is 1.25 bits per heavy atom. The molecule has 0 heterocycles. The Balaban J connectivity index is 0.00000200. The average Bonchev–Trinajstić information content (AvgIpc) is 2.31. The number of hydrogen-bond acceptors (Lipinski definition) is 3. The first kappa shape index (κ1) is 18.2. The highest BCUT2D eigenvalue weighted by Crippen LogP contribution is 2.26. The lowest BCUT2D eigenvalue weighted by atomic mass is 9.93. The van der Waals surface area contributed by atoms with Gasteiger partial charge in [-0.3, -0.25) is 0 Å². The second kappa shape index (κ2) is 7.42. The molecule has 3 N–H and O–H groups in total. The summed E-state index contributed by atoms with van der Waals surface area (Å²) in [4.78, 5) is 0.215. The number of sulfonamides is 1. The first-order valence-corrected chi connectivity index (χ1v) is 8.77. The van der Waals surface area contributed by atoms with Crippen LogP contribution in [0.25, 0.3) is 0 Å². The van der Waals surface area contributed by atoms with Crippen molar-refractivity contribution in [1.29, 1.82) is 0 Å². The molecule has 0 saturated heterocycles. The highest BCUT2D eigenvalue weighted by atomic mass is 79.9. The smallest absolute Gasteiger partial charge is 0.241 e. The third-order valence-electron chi connectivity index (χ3n) is 3.28. The zero-order valence-electron chi connectivity index (χ0n) is 10.7. The van der Waals surface area contributed by atoms with Gasteiger partial charge >= 0.3 is 0 Å². The van der Waals surface area contributed by atoms with E-state index in [1.54, 1.807) is 12.1 Å². The van der Waals surface area contributed by atoms with E-state index in [0.29, 0.717) is 9.50 Å². The Labute approximate surface area is 139 Å².